The second-order valence-electron chi connectivity index (χ2n) is 14.8. The third-order valence-electron chi connectivity index (χ3n) is 10.5. The van der Waals surface area contributed by atoms with Gasteiger partial charge in [-0.1, -0.05) is 26.3 Å². The number of hydrogen-bond donors (Lipinski definition) is 2. The number of fused-ring (bicyclic) bond motifs is 4. The molecule has 0 heterocycles. The average Bonchev–Trinajstić information content (AvgIpc) is 3.74. The topological polar surface area (TPSA) is 93.1 Å². The van der Waals surface area contributed by atoms with Crippen molar-refractivity contribution in [2.24, 2.45) is 40.9 Å². The number of methoxy groups -OCH3 is 2. The Balaban J connectivity index is 0.000000323. The minimum Gasteiger partial charge on any atom is -0.469 e. The van der Waals surface area contributed by atoms with Crippen LogP contribution < -0.4 is 0 Å². The Morgan fingerprint density at radius 1 is 0.717 bits per heavy atom. The van der Waals surface area contributed by atoms with Gasteiger partial charge in [-0.05, 0) is 128 Å². The van der Waals surface area contributed by atoms with Gasteiger partial charge in [-0.25, -0.2) is 4.79 Å². The molecule has 4 fully saturated rings. The summed E-state index contributed by atoms with van der Waals surface area (Å²) >= 11 is 0. The van der Waals surface area contributed by atoms with Crippen LogP contribution in [-0.4, -0.2) is 59.9 Å². The number of ether oxygens (including phenoxy) is 2. The van der Waals surface area contributed by atoms with E-state index < -0.39 is 23.6 Å². The molecule has 4 aliphatic carbocycles. The van der Waals surface area contributed by atoms with Crippen molar-refractivity contribution in [3.05, 3.63) is 12.2 Å². The first-order valence-corrected chi connectivity index (χ1v) is 16.2. The van der Waals surface area contributed by atoms with Gasteiger partial charge in [0.25, 0.3) is 0 Å². The van der Waals surface area contributed by atoms with Crippen LogP contribution in [-0.2, 0) is 19.1 Å². The molecule has 4 saturated carbocycles. The van der Waals surface area contributed by atoms with Crippen molar-refractivity contribution >= 4 is 11.9 Å². The molecule has 46 heavy (non-hydrogen) atoms. The summed E-state index contributed by atoms with van der Waals surface area (Å²) in [4.78, 5) is 21.0. The molecular formula is C34H56F6O6. The number of esters is 2. The molecule has 0 spiro atoms. The van der Waals surface area contributed by atoms with Crippen molar-refractivity contribution in [2.75, 3.05) is 14.2 Å². The maximum atomic E-state index is 12.5. The molecule has 8 atom stereocenters. The van der Waals surface area contributed by atoms with Crippen molar-refractivity contribution in [2.45, 2.75) is 136 Å². The Bertz CT molecular complexity index is 951. The molecule has 270 valence electrons. The minimum atomic E-state index is -4.49. The highest BCUT2D eigenvalue weighted by Gasteiger charge is 2.54. The fraction of sp³-hybridized carbons (Fsp3) is 0.882. The number of aliphatic hydroxyl groups is 2. The lowest BCUT2D eigenvalue weighted by Gasteiger charge is -2.32. The third-order valence-corrected chi connectivity index (χ3v) is 10.5. The molecule has 0 aromatic rings. The van der Waals surface area contributed by atoms with Gasteiger partial charge in [-0.3, -0.25) is 4.79 Å². The predicted molar refractivity (Wildman–Crippen MR) is 163 cm³/mol. The molecule has 0 saturated heterocycles. The van der Waals surface area contributed by atoms with E-state index in [4.69, 9.17) is 0 Å². The van der Waals surface area contributed by atoms with Crippen LogP contribution in [0.2, 0.25) is 0 Å². The van der Waals surface area contributed by atoms with Crippen LogP contribution in [0, 0.1) is 40.9 Å². The number of carbonyl (C=O) groups is 2. The van der Waals surface area contributed by atoms with E-state index in [1.807, 2.05) is 20.8 Å². The van der Waals surface area contributed by atoms with E-state index in [0.717, 1.165) is 58.8 Å². The highest BCUT2D eigenvalue weighted by atomic mass is 19.4. The van der Waals surface area contributed by atoms with E-state index in [1.54, 1.807) is 6.92 Å². The monoisotopic (exact) mass is 674 g/mol. The zero-order chi connectivity index (χ0) is 35.9. The van der Waals surface area contributed by atoms with Crippen molar-refractivity contribution in [3.63, 3.8) is 0 Å². The highest BCUT2D eigenvalue weighted by Crippen LogP contribution is 2.53. The molecule has 6 nitrogen and oxygen atoms in total. The summed E-state index contributed by atoms with van der Waals surface area (Å²) in [6.45, 7) is 12.5. The predicted octanol–water partition coefficient (Wildman–Crippen LogP) is 8.58. The second-order valence-corrected chi connectivity index (χ2v) is 14.8. The number of hydrogen-bond acceptors (Lipinski definition) is 6. The third kappa shape index (κ3) is 12.0. The lowest BCUT2D eigenvalue weighted by atomic mass is 9.80. The van der Waals surface area contributed by atoms with E-state index in [1.165, 1.54) is 27.1 Å². The fourth-order valence-electron chi connectivity index (χ4n) is 7.10. The smallest absolute Gasteiger partial charge is 0.416 e. The van der Waals surface area contributed by atoms with E-state index in [2.05, 4.69) is 16.1 Å². The molecule has 0 aromatic carbocycles. The first-order chi connectivity index (χ1) is 20.8. The standard InChI is InChI=1S/2C11H17F3O.C7H14O2.C5H8O2/c2*1-10(15,11(12,13)14)6-9-5-7-2-3-8(9)4-7;1-5-7(2,3)6(8)9-4;1-4(2)5(6)7-3/h2*7-9,15H,2-6H2,1H3;5H2,1-4H3;1H2,2-3H3. The number of rotatable bonds is 7. The van der Waals surface area contributed by atoms with Crippen LogP contribution in [0.4, 0.5) is 26.3 Å². The number of alkyl halides is 6. The Morgan fingerprint density at radius 3 is 1.24 bits per heavy atom. The molecule has 0 aromatic heterocycles. The largest absolute Gasteiger partial charge is 0.469 e. The summed E-state index contributed by atoms with van der Waals surface area (Å²) < 4.78 is 83.7. The Morgan fingerprint density at radius 2 is 1.09 bits per heavy atom. The summed E-state index contributed by atoms with van der Waals surface area (Å²) in [7, 11) is 2.75. The van der Waals surface area contributed by atoms with Crippen LogP contribution in [0.1, 0.15) is 112 Å². The van der Waals surface area contributed by atoms with Crippen molar-refractivity contribution in [3.8, 4) is 0 Å². The summed E-state index contributed by atoms with van der Waals surface area (Å²) in [5.41, 5.74) is -4.87. The van der Waals surface area contributed by atoms with E-state index >= 15 is 0 Å². The normalized spacial score (nSPS) is 29.0. The van der Waals surface area contributed by atoms with Crippen LogP contribution in [0.25, 0.3) is 0 Å². The molecule has 0 radical (unpaired) electrons. The fourth-order valence-corrected chi connectivity index (χ4v) is 7.10. The Hall–Kier alpha value is -1.82. The molecule has 4 rings (SSSR count). The van der Waals surface area contributed by atoms with Crippen LogP contribution in [0.5, 0.6) is 0 Å². The van der Waals surface area contributed by atoms with E-state index in [9.17, 15) is 46.1 Å². The summed E-state index contributed by atoms with van der Waals surface area (Å²) in [6, 6.07) is 0. The van der Waals surface area contributed by atoms with Crippen molar-refractivity contribution < 1.29 is 55.6 Å². The Labute approximate surface area is 270 Å². The van der Waals surface area contributed by atoms with Crippen molar-refractivity contribution in [1.29, 1.82) is 0 Å². The molecular weight excluding hydrogens is 618 g/mol. The van der Waals surface area contributed by atoms with Gasteiger partial charge >= 0.3 is 24.3 Å². The molecule has 8 unspecified atom stereocenters. The summed E-state index contributed by atoms with van der Waals surface area (Å²) in [5, 5.41) is 18.8. The summed E-state index contributed by atoms with van der Waals surface area (Å²) in [6.07, 6.45) is 0.0148. The quantitative estimate of drug-likeness (QED) is 0.160. The zero-order valence-corrected chi connectivity index (χ0v) is 28.7. The SMILES string of the molecule is C=C(C)C(=O)OC.CC(O)(CC1CC2CCC1C2)C(F)(F)F.CC(O)(CC1CC2CCC1C2)C(F)(F)F.CCC(C)(C)C(=O)OC. The maximum absolute atomic E-state index is 12.5. The van der Waals surface area contributed by atoms with Crippen molar-refractivity contribution in [1.82, 2.24) is 0 Å². The van der Waals surface area contributed by atoms with E-state index in [0.29, 0.717) is 29.2 Å². The molecule has 12 heteroatoms. The van der Waals surface area contributed by atoms with Crippen LogP contribution in [0.3, 0.4) is 0 Å². The minimum absolute atomic E-state index is 0.0837. The average molecular weight is 675 g/mol. The van der Waals surface area contributed by atoms with Gasteiger partial charge in [-0.15, -0.1) is 0 Å². The van der Waals surface area contributed by atoms with Crippen LogP contribution in [0.15, 0.2) is 12.2 Å². The van der Waals surface area contributed by atoms with Crippen LogP contribution >= 0.6 is 0 Å². The lowest BCUT2D eigenvalue weighted by Crippen LogP contribution is -2.44. The first-order valence-electron chi connectivity index (χ1n) is 16.2. The zero-order valence-electron chi connectivity index (χ0n) is 28.7. The molecule has 4 aliphatic rings. The lowest BCUT2D eigenvalue weighted by molar-refractivity contribution is -0.259. The maximum Gasteiger partial charge on any atom is 0.416 e. The first kappa shape index (κ1) is 42.2. The molecule has 4 bridgehead atoms. The van der Waals surface area contributed by atoms with Gasteiger partial charge in [0.05, 0.1) is 19.6 Å². The highest BCUT2D eigenvalue weighted by molar-refractivity contribution is 5.86. The van der Waals surface area contributed by atoms with Gasteiger partial charge in [0.2, 0.25) is 0 Å². The molecule has 0 amide bonds. The van der Waals surface area contributed by atoms with Gasteiger partial charge in [0.1, 0.15) is 0 Å². The number of halogens is 6. The van der Waals surface area contributed by atoms with Gasteiger partial charge < -0.3 is 19.7 Å². The van der Waals surface area contributed by atoms with Gasteiger partial charge in [0.15, 0.2) is 11.2 Å². The second kappa shape index (κ2) is 16.5. The Kier molecular flexibility index (Phi) is 15.2. The van der Waals surface area contributed by atoms with Gasteiger partial charge in [-0.2, -0.15) is 26.3 Å². The molecule has 2 N–H and O–H groups in total. The summed E-state index contributed by atoms with van der Waals surface area (Å²) in [5.74, 6) is 1.81. The number of carbonyl (C=O) groups excluding carboxylic acids is 2. The van der Waals surface area contributed by atoms with E-state index in [-0.39, 0.29) is 42.0 Å². The molecule has 0 aliphatic heterocycles. The van der Waals surface area contributed by atoms with Gasteiger partial charge in [0, 0.05) is 5.57 Å².